The summed E-state index contributed by atoms with van der Waals surface area (Å²) in [5, 5.41) is 10.1. The maximum atomic E-state index is 11.5. The minimum atomic E-state index is -0.620. The standard InChI is InChI=1S/C30H32N6O2S/c37-39-16-13-35(14-17-39)12-4-5-15-38-26-9-10-28-27(19-26)30(32-22-31-28)34-25-8-11-29-24(18-25)20-33-36(29)21-23-6-2-1-3-7-23/h1-3,6-11,18-20,22H,4-5,12-17,21H2,(H,31,32,34). The predicted octanol–water partition coefficient (Wildman–Crippen LogP) is 4.99. The van der Waals surface area contributed by atoms with Crippen LogP contribution in [-0.2, 0) is 17.3 Å². The monoisotopic (exact) mass is 540 g/mol. The molecule has 39 heavy (non-hydrogen) atoms. The molecule has 3 aromatic carbocycles. The van der Waals surface area contributed by atoms with E-state index in [2.05, 4.69) is 55.6 Å². The molecule has 1 fully saturated rings. The molecule has 1 N–H and O–H groups in total. The number of benzene rings is 3. The number of ether oxygens (including phenoxy) is 1. The molecule has 0 saturated carbocycles. The van der Waals surface area contributed by atoms with Crippen LogP contribution in [0.1, 0.15) is 18.4 Å². The molecule has 5 aromatic rings. The van der Waals surface area contributed by atoms with Gasteiger partial charge in [-0.1, -0.05) is 30.3 Å². The summed E-state index contributed by atoms with van der Waals surface area (Å²) in [5.74, 6) is 3.16. The highest BCUT2D eigenvalue weighted by molar-refractivity contribution is 7.85. The minimum Gasteiger partial charge on any atom is -0.494 e. The number of unbranched alkanes of at least 4 members (excludes halogenated alkanes) is 1. The van der Waals surface area contributed by atoms with E-state index in [9.17, 15) is 4.21 Å². The second-order valence-corrected chi connectivity index (χ2v) is 11.5. The highest BCUT2D eigenvalue weighted by Crippen LogP contribution is 2.28. The van der Waals surface area contributed by atoms with E-state index in [0.29, 0.717) is 6.61 Å². The van der Waals surface area contributed by atoms with Gasteiger partial charge in [0.25, 0.3) is 0 Å². The number of anilines is 2. The van der Waals surface area contributed by atoms with Gasteiger partial charge in [0.05, 0.1) is 30.4 Å². The summed E-state index contributed by atoms with van der Waals surface area (Å²) in [6.45, 7) is 4.31. The van der Waals surface area contributed by atoms with Crippen molar-refractivity contribution in [1.29, 1.82) is 0 Å². The Balaban J connectivity index is 1.10. The first kappa shape index (κ1) is 25.5. The van der Waals surface area contributed by atoms with Crippen LogP contribution in [0.25, 0.3) is 21.8 Å². The van der Waals surface area contributed by atoms with Gasteiger partial charge in [-0.3, -0.25) is 8.89 Å². The SMILES string of the molecule is O=S1CCN(CCCCOc2ccc3ncnc(Nc4ccc5c(cnn5Cc5ccccc5)c4)c3c2)CC1. The Morgan fingerprint density at radius 1 is 0.949 bits per heavy atom. The summed E-state index contributed by atoms with van der Waals surface area (Å²) in [6, 6.07) is 22.5. The Morgan fingerprint density at radius 3 is 2.69 bits per heavy atom. The number of hydrogen-bond donors (Lipinski definition) is 1. The van der Waals surface area contributed by atoms with Crippen LogP contribution in [0.2, 0.25) is 0 Å². The number of aromatic nitrogens is 4. The first-order chi connectivity index (χ1) is 19.2. The Bertz CT molecular complexity index is 1580. The second-order valence-electron chi connectivity index (χ2n) is 9.83. The van der Waals surface area contributed by atoms with Gasteiger partial charge >= 0.3 is 0 Å². The molecule has 3 heterocycles. The molecule has 9 heteroatoms. The lowest BCUT2D eigenvalue weighted by Gasteiger charge is -2.25. The van der Waals surface area contributed by atoms with Gasteiger partial charge in [0.2, 0.25) is 0 Å². The Labute approximate surface area is 230 Å². The summed E-state index contributed by atoms with van der Waals surface area (Å²) >= 11 is 0. The summed E-state index contributed by atoms with van der Waals surface area (Å²) in [5.41, 5.74) is 4.10. The van der Waals surface area contributed by atoms with E-state index in [1.165, 1.54) is 5.56 Å². The van der Waals surface area contributed by atoms with Crippen LogP contribution < -0.4 is 10.1 Å². The summed E-state index contributed by atoms with van der Waals surface area (Å²) in [7, 11) is -0.620. The van der Waals surface area contributed by atoms with E-state index in [1.54, 1.807) is 6.33 Å². The molecular weight excluding hydrogens is 508 g/mol. The average Bonchev–Trinajstić information content (AvgIpc) is 3.36. The molecule has 1 aliphatic rings. The van der Waals surface area contributed by atoms with E-state index in [1.807, 2.05) is 47.3 Å². The topological polar surface area (TPSA) is 85.2 Å². The zero-order valence-corrected chi connectivity index (χ0v) is 22.6. The smallest absolute Gasteiger partial charge is 0.141 e. The van der Waals surface area contributed by atoms with E-state index >= 15 is 0 Å². The van der Waals surface area contributed by atoms with Crippen molar-refractivity contribution < 1.29 is 8.95 Å². The van der Waals surface area contributed by atoms with Gasteiger partial charge in [-0.15, -0.1) is 0 Å². The largest absolute Gasteiger partial charge is 0.494 e. The molecule has 0 radical (unpaired) electrons. The van der Waals surface area contributed by atoms with E-state index in [4.69, 9.17) is 4.74 Å². The molecule has 0 spiro atoms. The third-order valence-electron chi connectivity index (χ3n) is 7.09. The molecule has 0 atom stereocenters. The molecule has 0 amide bonds. The number of nitrogens with one attached hydrogen (secondary N) is 1. The van der Waals surface area contributed by atoms with E-state index in [-0.39, 0.29) is 0 Å². The second kappa shape index (κ2) is 11.9. The van der Waals surface area contributed by atoms with Gasteiger partial charge < -0.3 is 15.0 Å². The zero-order valence-electron chi connectivity index (χ0n) is 21.8. The van der Waals surface area contributed by atoms with Crippen LogP contribution in [0, 0.1) is 0 Å². The van der Waals surface area contributed by atoms with Gasteiger partial charge in [0, 0.05) is 51.9 Å². The van der Waals surface area contributed by atoms with Crippen LogP contribution in [0.3, 0.4) is 0 Å². The molecule has 2 aromatic heterocycles. The van der Waals surface area contributed by atoms with Gasteiger partial charge in [-0.05, 0) is 61.3 Å². The van der Waals surface area contributed by atoms with Crippen LogP contribution in [-0.4, -0.2) is 66.6 Å². The third kappa shape index (κ3) is 6.26. The molecule has 200 valence electrons. The molecule has 0 unspecified atom stereocenters. The van der Waals surface area contributed by atoms with Gasteiger partial charge in [-0.2, -0.15) is 5.10 Å². The van der Waals surface area contributed by atoms with Crippen LogP contribution in [0.4, 0.5) is 11.5 Å². The van der Waals surface area contributed by atoms with Crippen LogP contribution >= 0.6 is 0 Å². The van der Waals surface area contributed by atoms with E-state index < -0.39 is 10.8 Å². The number of rotatable bonds is 10. The lowest BCUT2D eigenvalue weighted by Crippen LogP contribution is -2.38. The Morgan fingerprint density at radius 2 is 1.82 bits per heavy atom. The normalized spacial score (nSPS) is 14.7. The number of fused-ring (bicyclic) bond motifs is 2. The summed E-state index contributed by atoms with van der Waals surface area (Å²) < 4.78 is 19.6. The van der Waals surface area contributed by atoms with Crippen molar-refractivity contribution in [3.05, 3.63) is 84.8 Å². The number of nitrogens with zero attached hydrogens (tertiary/aromatic N) is 5. The van der Waals surface area contributed by atoms with Crippen molar-refractivity contribution in [2.24, 2.45) is 0 Å². The summed E-state index contributed by atoms with van der Waals surface area (Å²) in [4.78, 5) is 11.4. The molecule has 1 aliphatic heterocycles. The minimum absolute atomic E-state index is 0.620. The van der Waals surface area contributed by atoms with Crippen molar-refractivity contribution in [3.8, 4) is 5.75 Å². The van der Waals surface area contributed by atoms with Gasteiger partial charge in [0.15, 0.2) is 0 Å². The fourth-order valence-corrected chi connectivity index (χ4v) is 6.06. The Hall–Kier alpha value is -3.82. The maximum absolute atomic E-state index is 11.5. The predicted molar refractivity (Wildman–Crippen MR) is 157 cm³/mol. The Kier molecular flexibility index (Phi) is 7.78. The fraction of sp³-hybridized carbons (Fsp3) is 0.300. The number of hydrogen-bond acceptors (Lipinski definition) is 7. The summed E-state index contributed by atoms with van der Waals surface area (Å²) in [6.07, 6.45) is 5.53. The van der Waals surface area contributed by atoms with Gasteiger partial charge in [0.1, 0.15) is 17.9 Å². The maximum Gasteiger partial charge on any atom is 0.141 e. The lowest BCUT2D eigenvalue weighted by atomic mass is 10.2. The molecule has 0 aliphatic carbocycles. The molecule has 8 nitrogen and oxygen atoms in total. The van der Waals surface area contributed by atoms with Gasteiger partial charge in [-0.25, -0.2) is 9.97 Å². The van der Waals surface area contributed by atoms with Crippen molar-refractivity contribution in [2.45, 2.75) is 19.4 Å². The first-order valence-electron chi connectivity index (χ1n) is 13.4. The lowest BCUT2D eigenvalue weighted by molar-refractivity contribution is 0.264. The average molecular weight is 541 g/mol. The quantitative estimate of drug-likeness (QED) is 0.250. The highest BCUT2D eigenvalue weighted by Gasteiger charge is 2.14. The highest BCUT2D eigenvalue weighted by atomic mass is 32.2. The first-order valence-corrected chi connectivity index (χ1v) is 14.9. The van der Waals surface area contributed by atoms with Crippen LogP contribution in [0.15, 0.2) is 79.3 Å². The van der Waals surface area contributed by atoms with Crippen molar-refractivity contribution in [2.75, 3.05) is 43.1 Å². The van der Waals surface area contributed by atoms with Crippen molar-refractivity contribution >= 4 is 44.1 Å². The van der Waals surface area contributed by atoms with E-state index in [0.717, 1.165) is 89.6 Å². The molecular formula is C30H32N6O2S. The van der Waals surface area contributed by atoms with Crippen molar-refractivity contribution in [1.82, 2.24) is 24.6 Å². The zero-order chi connectivity index (χ0) is 26.4. The molecule has 0 bridgehead atoms. The molecule has 1 saturated heterocycles. The molecule has 6 rings (SSSR count). The fourth-order valence-electron chi connectivity index (χ4n) is 4.94. The third-order valence-corrected chi connectivity index (χ3v) is 8.37. The van der Waals surface area contributed by atoms with Crippen LogP contribution in [0.5, 0.6) is 5.75 Å². The van der Waals surface area contributed by atoms with Crippen molar-refractivity contribution in [3.63, 3.8) is 0 Å².